The molecule has 3 atom stereocenters. The van der Waals surface area contributed by atoms with Gasteiger partial charge >= 0.3 is 11.9 Å². The van der Waals surface area contributed by atoms with Gasteiger partial charge in [-0.1, -0.05) is 19.4 Å². The molecule has 0 radical (unpaired) electrons. The lowest BCUT2D eigenvalue weighted by Crippen LogP contribution is -2.35. The van der Waals surface area contributed by atoms with E-state index >= 15 is 0 Å². The lowest BCUT2D eigenvalue weighted by Gasteiger charge is -2.23. The molecule has 0 heterocycles. The van der Waals surface area contributed by atoms with Crippen molar-refractivity contribution in [1.29, 1.82) is 0 Å². The summed E-state index contributed by atoms with van der Waals surface area (Å²) in [6.45, 7) is 1.21. The van der Waals surface area contributed by atoms with E-state index in [-0.39, 0.29) is 12.0 Å². The number of rotatable bonds is 5. The number of carbonyl (C=O) groups is 3. The fourth-order valence-electron chi connectivity index (χ4n) is 2.88. The van der Waals surface area contributed by atoms with Crippen LogP contribution < -0.4 is 0 Å². The van der Waals surface area contributed by atoms with Gasteiger partial charge in [0.2, 0.25) is 0 Å². The molecule has 0 fully saturated rings. The minimum Gasteiger partial charge on any atom is -0.478 e. The van der Waals surface area contributed by atoms with Crippen LogP contribution in [0.1, 0.15) is 32.6 Å². The second-order valence-corrected chi connectivity index (χ2v) is 5.67. The molecule has 5 N–H and O–H groups in total. The number of carbonyl (C=O) groups excluding carboxylic acids is 1. The highest BCUT2D eigenvalue weighted by Crippen LogP contribution is 2.32. The van der Waals surface area contributed by atoms with Crippen molar-refractivity contribution in [2.24, 2.45) is 5.92 Å². The summed E-state index contributed by atoms with van der Waals surface area (Å²) in [5.41, 5.74) is -1.01. The van der Waals surface area contributed by atoms with E-state index in [0.717, 1.165) is 6.08 Å². The van der Waals surface area contributed by atoms with E-state index in [1.54, 1.807) is 6.92 Å². The third-order valence-electron chi connectivity index (χ3n) is 4.05. The molecular formula is C16H22O8. The fourth-order valence-corrected chi connectivity index (χ4v) is 2.88. The number of ketones is 1. The Balaban J connectivity index is 3.63. The van der Waals surface area contributed by atoms with Crippen molar-refractivity contribution in [2.45, 2.75) is 44.8 Å². The molecule has 0 saturated heterocycles. The summed E-state index contributed by atoms with van der Waals surface area (Å²) in [7, 11) is 0. The van der Waals surface area contributed by atoms with Crippen LogP contribution in [0.25, 0.3) is 0 Å². The van der Waals surface area contributed by atoms with Gasteiger partial charge in [0.05, 0.1) is 23.9 Å². The van der Waals surface area contributed by atoms with Crippen LogP contribution >= 0.6 is 0 Å². The van der Waals surface area contributed by atoms with Crippen molar-refractivity contribution in [2.75, 3.05) is 6.61 Å². The Hall–Kier alpha value is -2.03. The number of hydrogen-bond acceptors (Lipinski definition) is 6. The third-order valence-corrected chi connectivity index (χ3v) is 4.05. The quantitative estimate of drug-likeness (QED) is 0.433. The maximum atomic E-state index is 12.1. The van der Waals surface area contributed by atoms with Crippen LogP contribution in [0.15, 0.2) is 22.8 Å². The molecule has 0 unspecified atom stereocenters. The fraction of sp³-hybridized carbons (Fsp3) is 0.562. The van der Waals surface area contributed by atoms with Crippen molar-refractivity contribution >= 4 is 17.7 Å². The Morgan fingerprint density at radius 2 is 1.83 bits per heavy atom. The van der Waals surface area contributed by atoms with E-state index in [0.29, 0.717) is 6.42 Å². The van der Waals surface area contributed by atoms with Crippen LogP contribution in [0.5, 0.6) is 0 Å². The average Bonchev–Trinajstić information content (AvgIpc) is 2.53. The lowest BCUT2D eigenvalue weighted by molar-refractivity contribution is -0.138. The van der Waals surface area contributed by atoms with Crippen LogP contribution in [0.3, 0.4) is 0 Å². The van der Waals surface area contributed by atoms with Gasteiger partial charge in [-0.15, -0.1) is 0 Å². The highest BCUT2D eigenvalue weighted by Gasteiger charge is 2.38. The number of carboxylic acid groups (broad SMARTS) is 2. The standard InChI is InChI=1S/C16H22O8/c1-2-3-9-13(16(23)24)10(15(21)22)6-8(4-5-17)11(18)7-12(19)14(9)20/h4,9,11,14,17-18,20H,2-3,5-7H2,1H3,(H,21,22)(H,23,24)/b8-4-,13-10-/t9-,11-,14-/m0/s1. The molecule has 0 saturated carbocycles. The Morgan fingerprint density at radius 1 is 1.21 bits per heavy atom. The van der Waals surface area contributed by atoms with Gasteiger partial charge in [0, 0.05) is 18.8 Å². The zero-order chi connectivity index (χ0) is 18.4. The summed E-state index contributed by atoms with van der Waals surface area (Å²) >= 11 is 0. The van der Waals surface area contributed by atoms with Crippen molar-refractivity contribution in [3.8, 4) is 0 Å². The van der Waals surface area contributed by atoms with Gasteiger partial charge in [-0.3, -0.25) is 4.79 Å². The predicted octanol–water partition coefficient (Wildman–Crippen LogP) is -0.128. The minimum atomic E-state index is -1.71. The molecular weight excluding hydrogens is 320 g/mol. The molecule has 1 aliphatic carbocycles. The van der Waals surface area contributed by atoms with Crippen molar-refractivity contribution < 1.29 is 39.9 Å². The van der Waals surface area contributed by atoms with Crippen molar-refractivity contribution in [3.05, 3.63) is 22.8 Å². The molecule has 0 aromatic heterocycles. The van der Waals surface area contributed by atoms with Crippen molar-refractivity contribution in [1.82, 2.24) is 0 Å². The highest BCUT2D eigenvalue weighted by atomic mass is 16.4. The first-order valence-corrected chi connectivity index (χ1v) is 7.62. The van der Waals surface area contributed by atoms with Gasteiger partial charge < -0.3 is 25.5 Å². The van der Waals surface area contributed by atoms with E-state index in [1.165, 1.54) is 0 Å². The van der Waals surface area contributed by atoms with Crippen LogP contribution in [0, 0.1) is 5.92 Å². The first-order valence-electron chi connectivity index (χ1n) is 7.62. The highest BCUT2D eigenvalue weighted by molar-refractivity contribution is 6.01. The number of aliphatic carboxylic acids is 2. The summed E-state index contributed by atoms with van der Waals surface area (Å²) in [6, 6.07) is 0. The number of hydrogen-bond donors (Lipinski definition) is 5. The van der Waals surface area contributed by atoms with Gasteiger partial charge in [0.15, 0.2) is 5.78 Å². The van der Waals surface area contributed by atoms with E-state index in [4.69, 9.17) is 5.11 Å². The summed E-state index contributed by atoms with van der Waals surface area (Å²) in [5, 5.41) is 48.2. The average molecular weight is 342 g/mol. The second kappa shape index (κ2) is 8.72. The number of carboxylic acids is 2. The van der Waals surface area contributed by atoms with E-state index in [9.17, 15) is 34.8 Å². The molecule has 24 heavy (non-hydrogen) atoms. The van der Waals surface area contributed by atoms with Gasteiger partial charge in [0.25, 0.3) is 0 Å². The first-order chi connectivity index (χ1) is 11.2. The molecule has 8 heteroatoms. The maximum Gasteiger partial charge on any atom is 0.332 e. The van der Waals surface area contributed by atoms with Gasteiger partial charge in [0.1, 0.15) is 6.10 Å². The normalized spacial score (nSPS) is 30.6. The molecule has 0 spiro atoms. The van der Waals surface area contributed by atoms with Crippen molar-refractivity contribution in [3.63, 3.8) is 0 Å². The molecule has 1 aliphatic rings. The minimum absolute atomic E-state index is 0.0337. The number of aliphatic hydroxyl groups is 3. The molecule has 1 rings (SSSR count). The zero-order valence-electron chi connectivity index (χ0n) is 13.3. The number of aliphatic hydroxyl groups excluding tert-OH is 3. The Bertz CT molecular complexity index is 575. The van der Waals surface area contributed by atoms with Gasteiger partial charge in [-0.2, -0.15) is 0 Å². The van der Waals surface area contributed by atoms with Crippen LogP contribution in [0.4, 0.5) is 0 Å². The molecule has 0 bridgehead atoms. The number of Topliss-reactive ketones (excluding diaryl/α,β-unsaturated/α-hetero) is 1. The Labute approximate surface area is 138 Å². The van der Waals surface area contributed by atoms with E-state index in [2.05, 4.69) is 0 Å². The second-order valence-electron chi connectivity index (χ2n) is 5.67. The smallest absolute Gasteiger partial charge is 0.332 e. The summed E-state index contributed by atoms with van der Waals surface area (Å²) in [5.74, 6) is -4.98. The monoisotopic (exact) mass is 342 g/mol. The predicted molar refractivity (Wildman–Crippen MR) is 82.1 cm³/mol. The molecule has 0 aromatic rings. The van der Waals surface area contributed by atoms with E-state index < -0.39 is 66.4 Å². The van der Waals surface area contributed by atoms with Crippen LogP contribution in [-0.2, 0) is 14.4 Å². The molecule has 0 amide bonds. The summed E-state index contributed by atoms with van der Waals surface area (Å²) in [4.78, 5) is 35.4. The van der Waals surface area contributed by atoms with Crippen LogP contribution in [-0.4, -0.2) is 62.1 Å². The third kappa shape index (κ3) is 4.50. The molecule has 0 aromatic carbocycles. The van der Waals surface area contributed by atoms with Gasteiger partial charge in [-0.25, -0.2) is 9.59 Å². The first kappa shape index (κ1) is 20.0. The molecule has 134 valence electrons. The van der Waals surface area contributed by atoms with Crippen LogP contribution in [0.2, 0.25) is 0 Å². The lowest BCUT2D eigenvalue weighted by atomic mass is 9.83. The Morgan fingerprint density at radius 3 is 2.29 bits per heavy atom. The summed E-state index contributed by atoms with van der Waals surface area (Å²) < 4.78 is 0. The summed E-state index contributed by atoms with van der Waals surface area (Å²) in [6.07, 6.45) is -2.34. The maximum absolute atomic E-state index is 12.1. The molecule has 8 nitrogen and oxygen atoms in total. The Kier molecular flexibility index (Phi) is 7.27. The van der Waals surface area contributed by atoms with E-state index in [1.807, 2.05) is 0 Å². The largest absolute Gasteiger partial charge is 0.478 e. The zero-order valence-corrected chi connectivity index (χ0v) is 13.3. The molecule has 0 aliphatic heterocycles. The SMILES string of the molecule is CCC[C@H]1/C(C(=O)O)=C(/C(=O)O)C/C(=C/CO)[C@@H](O)CC(=O)[C@H]1O. The van der Waals surface area contributed by atoms with Gasteiger partial charge in [-0.05, 0) is 12.0 Å². The topological polar surface area (TPSA) is 152 Å².